The summed E-state index contributed by atoms with van der Waals surface area (Å²) in [6, 6.07) is 19.4. The van der Waals surface area contributed by atoms with E-state index in [1.807, 2.05) is 61.7 Å². The Morgan fingerprint density at radius 2 is 1.82 bits per heavy atom. The summed E-state index contributed by atoms with van der Waals surface area (Å²) in [5, 5.41) is 10.5. The number of rotatable bonds is 6. The number of benzene rings is 2. The molecule has 0 aliphatic carbocycles. The highest BCUT2D eigenvalue weighted by Gasteiger charge is 2.17. The lowest BCUT2D eigenvalue weighted by Gasteiger charge is -2.11. The number of pyridine rings is 2. The Labute approximate surface area is 196 Å². The summed E-state index contributed by atoms with van der Waals surface area (Å²) in [7, 11) is 0. The minimum atomic E-state index is -0.968. The van der Waals surface area contributed by atoms with Crippen LogP contribution in [0.1, 0.15) is 34.1 Å². The monoisotopic (exact) mass is 452 g/mol. The Balaban J connectivity index is 1.54. The molecule has 0 atom stereocenters. The minimum Gasteiger partial charge on any atom is -0.478 e. The molecule has 0 unspecified atom stereocenters. The summed E-state index contributed by atoms with van der Waals surface area (Å²) < 4.78 is 7.83. The van der Waals surface area contributed by atoms with Gasteiger partial charge in [0.05, 0.1) is 29.9 Å². The van der Waals surface area contributed by atoms with Crippen molar-refractivity contribution in [2.24, 2.45) is 0 Å². The summed E-state index contributed by atoms with van der Waals surface area (Å²) in [4.78, 5) is 25.8. The van der Waals surface area contributed by atoms with Crippen molar-refractivity contribution >= 4 is 28.0 Å². The number of carboxylic acids is 1. The van der Waals surface area contributed by atoms with Crippen LogP contribution in [0.5, 0.6) is 6.01 Å². The predicted octanol–water partition coefficient (Wildman–Crippen LogP) is 5.41. The molecular formula is C27H24N4O3. The molecule has 1 N–H and O–H groups in total. The number of ether oxygens (including phenoxy) is 1. The van der Waals surface area contributed by atoms with Crippen LogP contribution in [0.4, 0.5) is 0 Å². The van der Waals surface area contributed by atoms with Gasteiger partial charge in [0.15, 0.2) is 5.65 Å². The van der Waals surface area contributed by atoms with Crippen molar-refractivity contribution in [3.63, 3.8) is 0 Å². The zero-order chi connectivity index (χ0) is 23.8. The molecule has 0 radical (unpaired) electrons. The summed E-state index contributed by atoms with van der Waals surface area (Å²) in [6.45, 7) is 7.03. The second-order valence-electron chi connectivity index (χ2n) is 8.24. The lowest BCUT2D eigenvalue weighted by molar-refractivity contribution is 0.0697. The highest BCUT2D eigenvalue weighted by Crippen LogP contribution is 2.27. The lowest BCUT2D eigenvalue weighted by atomic mass is 10.0. The van der Waals surface area contributed by atoms with Gasteiger partial charge in [-0.05, 0) is 62.2 Å². The average Bonchev–Trinajstić information content (AvgIpc) is 3.16. The van der Waals surface area contributed by atoms with Crippen LogP contribution in [-0.4, -0.2) is 37.2 Å². The van der Waals surface area contributed by atoms with Gasteiger partial charge in [0.25, 0.3) is 6.01 Å². The fourth-order valence-electron chi connectivity index (χ4n) is 4.26. The molecule has 0 fully saturated rings. The Hall–Kier alpha value is -4.26. The molecule has 0 spiro atoms. The normalized spacial score (nSPS) is 11.3. The molecule has 0 bridgehead atoms. The average molecular weight is 453 g/mol. The Kier molecular flexibility index (Phi) is 5.45. The molecule has 0 saturated heterocycles. The molecule has 5 aromatic rings. The fraction of sp³-hybridized carbons (Fsp3) is 0.185. The number of imidazole rings is 1. The van der Waals surface area contributed by atoms with Crippen LogP contribution < -0.4 is 4.74 Å². The van der Waals surface area contributed by atoms with E-state index in [0.717, 1.165) is 38.9 Å². The van der Waals surface area contributed by atoms with E-state index in [9.17, 15) is 9.90 Å². The number of hydrogen-bond donors (Lipinski definition) is 1. The van der Waals surface area contributed by atoms with Gasteiger partial charge in [-0.2, -0.15) is 4.98 Å². The van der Waals surface area contributed by atoms with Crippen molar-refractivity contribution in [3.8, 4) is 17.3 Å². The smallest absolute Gasteiger partial charge is 0.336 e. The summed E-state index contributed by atoms with van der Waals surface area (Å²) in [5.74, 6) is -0.968. The maximum Gasteiger partial charge on any atom is 0.336 e. The van der Waals surface area contributed by atoms with E-state index in [1.54, 1.807) is 18.2 Å². The number of aryl methyl sites for hydroxylation is 2. The number of carbonyl (C=O) groups is 1. The first-order valence-electron chi connectivity index (χ1n) is 11.1. The number of hydrogen-bond acceptors (Lipinski definition) is 5. The zero-order valence-electron chi connectivity index (χ0n) is 19.2. The molecule has 3 aromatic heterocycles. The quantitative estimate of drug-likeness (QED) is 0.371. The molecule has 7 nitrogen and oxygen atoms in total. The van der Waals surface area contributed by atoms with Crippen LogP contribution in [0.15, 0.2) is 60.7 Å². The Morgan fingerprint density at radius 1 is 1.00 bits per heavy atom. The van der Waals surface area contributed by atoms with Crippen molar-refractivity contribution in [3.05, 3.63) is 83.0 Å². The second-order valence-corrected chi connectivity index (χ2v) is 8.24. The fourth-order valence-corrected chi connectivity index (χ4v) is 4.26. The SMILES string of the molecule is CCOc1nc2c(C)cc(C)nc2n1Cc1ccc2nc(-c3ccccc3C(=O)O)ccc2c1. The number of nitrogens with zero attached hydrogens (tertiary/aromatic N) is 4. The van der Waals surface area contributed by atoms with Gasteiger partial charge in [0.2, 0.25) is 0 Å². The van der Waals surface area contributed by atoms with Gasteiger partial charge in [0.1, 0.15) is 5.52 Å². The van der Waals surface area contributed by atoms with Crippen LogP contribution in [0, 0.1) is 13.8 Å². The molecule has 170 valence electrons. The van der Waals surface area contributed by atoms with E-state index in [0.29, 0.717) is 30.4 Å². The third kappa shape index (κ3) is 3.85. The molecule has 7 heteroatoms. The molecule has 0 saturated carbocycles. The molecular weight excluding hydrogens is 428 g/mol. The molecule has 0 amide bonds. The largest absolute Gasteiger partial charge is 0.478 e. The van der Waals surface area contributed by atoms with Gasteiger partial charge < -0.3 is 9.84 Å². The molecule has 34 heavy (non-hydrogen) atoms. The molecule has 0 aliphatic rings. The lowest BCUT2D eigenvalue weighted by Crippen LogP contribution is -2.06. The maximum absolute atomic E-state index is 11.6. The summed E-state index contributed by atoms with van der Waals surface area (Å²) in [6.07, 6.45) is 0. The first kappa shape index (κ1) is 21.6. The van der Waals surface area contributed by atoms with Crippen molar-refractivity contribution in [1.29, 1.82) is 0 Å². The number of aromatic nitrogens is 4. The Morgan fingerprint density at radius 3 is 2.62 bits per heavy atom. The van der Waals surface area contributed by atoms with E-state index < -0.39 is 5.97 Å². The van der Waals surface area contributed by atoms with Gasteiger partial charge >= 0.3 is 5.97 Å². The molecule has 5 rings (SSSR count). The van der Waals surface area contributed by atoms with Gasteiger partial charge in [-0.1, -0.05) is 30.3 Å². The van der Waals surface area contributed by atoms with Crippen LogP contribution in [-0.2, 0) is 6.54 Å². The summed E-state index contributed by atoms with van der Waals surface area (Å²) >= 11 is 0. The standard InChI is InChI=1S/C27H24N4O3/c1-4-34-27-30-24-16(2)13-17(3)28-25(24)31(27)15-18-9-11-22-19(14-18)10-12-23(29-22)20-7-5-6-8-21(20)26(32)33/h5-14H,4,15H2,1-3H3,(H,32,33). The predicted molar refractivity (Wildman–Crippen MR) is 131 cm³/mol. The van der Waals surface area contributed by atoms with Crippen molar-refractivity contribution < 1.29 is 14.6 Å². The number of aromatic carboxylic acids is 1. The molecule has 2 aromatic carbocycles. The van der Waals surface area contributed by atoms with Crippen LogP contribution in [0.25, 0.3) is 33.3 Å². The highest BCUT2D eigenvalue weighted by atomic mass is 16.5. The van der Waals surface area contributed by atoms with Crippen LogP contribution in [0.2, 0.25) is 0 Å². The Bertz CT molecular complexity index is 1560. The van der Waals surface area contributed by atoms with Crippen molar-refractivity contribution in [2.75, 3.05) is 6.61 Å². The molecule has 0 aliphatic heterocycles. The van der Waals surface area contributed by atoms with Gasteiger partial charge in [-0.3, -0.25) is 4.57 Å². The van der Waals surface area contributed by atoms with E-state index in [4.69, 9.17) is 14.7 Å². The maximum atomic E-state index is 11.6. The minimum absolute atomic E-state index is 0.236. The first-order valence-corrected chi connectivity index (χ1v) is 11.1. The van der Waals surface area contributed by atoms with Crippen LogP contribution in [0.3, 0.4) is 0 Å². The first-order chi connectivity index (χ1) is 16.4. The van der Waals surface area contributed by atoms with E-state index in [1.165, 1.54) is 0 Å². The topological polar surface area (TPSA) is 90.1 Å². The third-order valence-corrected chi connectivity index (χ3v) is 5.79. The van der Waals surface area contributed by atoms with E-state index >= 15 is 0 Å². The summed E-state index contributed by atoms with van der Waals surface area (Å²) in [5.41, 5.74) is 6.99. The van der Waals surface area contributed by atoms with Gasteiger partial charge in [-0.15, -0.1) is 0 Å². The van der Waals surface area contributed by atoms with Gasteiger partial charge in [0, 0.05) is 16.6 Å². The van der Waals surface area contributed by atoms with E-state index in [-0.39, 0.29) is 5.56 Å². The van der Waals surface area contributed by atoms with E-state index in [2.05, 4.69) is 11.1 Å². The number of carboxylic acid groups (broad SMARTS) is 1. The number of fused-ring (bicyclic) bond motifs is 2. The zero-order valence-corrected chi connectivity index (χ0v) is 19.2. The second kappa shape index (κ2) is 8.59. The highest BCUT2D eigenvalue weighted by molar-refractivity contribution is 5.96. The van der Waals surface area contributed by atoms with Crippen molar-refractivity contribution in [1.82, 2.24) is 19.5 Å². The van der Waals surface area contributed by atoms with Gasteiger partial charge in [-0.25, -0.2) is 14.8 Å². The third-order valence-electron chi connectivity index (χ3n) is 5.79. The van der Waals surface area contributed by atoms with Crippen LogP contribution >= 0.6 is 0 Å². The van der Waals surface area contributed by atoms with Crippen molar-refractivity contribution in [2.45, 2.75) is 27.3 Å². The molecule has 3 heterocycles.